The standard InChI is InChI=1S/C30H17NO8/c32-26(16-7-10-19(27(33)34)23(12-16)28(35)36)31-17-8-5-14(6-9-17)20-13-21-18-4-2-1-3-15(18)11-22(21)25-24(20)29(37)39-30(25)38/h1-10,12-13H,11H2,(H,31,32)(H,33,34)(H,35,36). The van der Waals surface area contributed by atoms with E-state index in [4.69, 9.17) is 4.74 Å². The minimum Gasteiger partial charge on any atom is -0.478 e. The van der Waals surface area contributed by atoms with E-state index < -0.39 is 40.9 Å². The van der Waals surface area contributed by atoms with Gasteiger partial charge in [0.2, 0.25) is 0 Å². The average molecular weight is 519 g/mol. The van der Waals surface area contributed by atoms with Gasteiger partial charge < -0.3 is 20.3 Å². The highest BCUT2D eigenvalue weighted by Gasteiger charge is 2.38. The predicted molar refractivity (Wildman–Crippen MR) is 138 cm³/mol. The summed E-state index contributed by atoms with van der Waals surface area (Å²) in [5, 5.41) is 21.1. The Labute approximate surface area is 220 Å². The molecule has 1 aliphatic heterocycles. The normalized spacial score (nSPS) is 12.8. The van der Waals surface area contributed by atoms with Crippen molar-refractivity contribution in [2.24, 2.45) is 0 Å². The Morgan fingerprint density at radius 3 is 2.13 bits per heavy atom. The van der Waals surface area contributed by atoms with Gasteiger partial charge in [-0.3, -0.25) is 4.79 Å². The van der Waals surface area contributed by atoms with Crippen LogP contribution in [0.3, 0.4) is 0 Å². The van der Waals surface area contributed by atoms with Gasteiger partial charge in [0.25, 0.3) is 5.91 Å². The number of ether oxygens (including phenoxy) is 1. The molecule has 9 heteroatoms. The molecule has 0 aromatic heterocycles. The summed E-state index contributed by atoms with van der Waals surface area (Å²) in [5.74, 6) is -4.89. The van der Waals surface area contributed by atoms with Crippen molar-refractivity contribution in [2.75, 3.05) is 5.32 Å². The number of hydrogen-bond acceptors (Lipinski definition) is 6. The number of fused-ring (bicyclic) bond motifs is 5. The molecule has 39 heavy (non-hydrogen) atoms. The van der Waals surface area contributed by atoms with Crippen LogP contribution < -0.4 is 5.32 Å². The van der Waals surface area contributed by atoms with E-state index in [0.717, 1.165) is 34.4 Å². The first-order chi connectivity index (χ1) is 18.7. The Morgan fingerprint density at radius 2 is 1.41 bits per heavy atom. The molecule has 9 nitrogen and oxygen atoms in total. The molecule has 190 valence electrons. The van der Waals surface area contributed by atoms with Gasteiger partial charge in [0.05, 0.1) is 22.3 Å². The molecule has 0 bridgehead atoms. The molecule has 0 radical (unpaired) electrons. The summed E-state index contributed by atoms with van der Waals surface area (Å²) < 4.78 is 4.98. The van der Waals surface area contributed by atoms with E-state index in [9.17, 15) is 34.2 Å². The van der Waals surface area contributed by atoms with Crippen LogP contribution in [-0.2, 0) is 11.2 Å². The maximum atomic E-state index is 12.8. The van der Waals surface area contributed by atoms with Crippen LogP contribution in [0.1, 0.15) is 62.9 Å². The topological polar surface area (TPSA) is 147 Å². The van der Waals surface area contributed by atoms with E-state index in [0.29, 0.717) is 23.2 Å². The first-order valence-corrected chi connectivity index (χ1v) is 11.8. The summed E-state index contributed by atoms with van der Waals surface area (Å²) >= 11 is 0. The lowest BCUT2D eigenvalue weighted by Gasteiger charge is -2.12. The lowest BCUT2D eigenvalue weighted by molar-refractivity contribution is 0.0442. The minimum atomic E-state index is -1.46. The van der Waals surface area contributed by atoms with Crippen LogP contribution in [0.25, 0.3) is 22.3 Å². The average Bonchev–Trinajstić information content (AvgIpc) is 3.44. The van der Waals surface area contributed by atoms with Crippen molar-refractivity contribution in [1.82, 2.24) is 0 Å². The van der Waals surface area contributed by atoms with Gasteiger partial charge in [-0.15, -0.1) is 0 Å². The highest BCUT2D eigenvalue weighted by molar-refractivity contribution is 6.20. The van der Waals surface area contributed by atoms with Gasteiger partial charge in [-0.25, -0.2) is 19.2 Å². The van der Waals surface area contributed by atoms with E-state index in [1.807, 2.05) is 30.3 Å². The fourth-order valence-electron chi connectivity index (χ4n) is 5.11. The number of aromatic carboxylic acids is 2. The summed E-state index contributed by atoms with van der Waals surface area (Å²) in [7, 11) is 0. The monoisotopic (exact) mass is 519 g/mol. The molecule has 0 unspecified atom stereocenters. The number of amides is 1. The highest BCUT2D eigenvalue weighted by atomic mass is 16.6. The molecule has 1 heterocycles. The maximum Gasteiger partial charge on any atom is 0.347 e. The number of nitrogens with one attached hydrogen (secondary N) is 1. The second-order valence-electron chi connectivity index (χ2n) is 9.11. The van der Waals surface area contributed by atoms with Gasteiger partial charge in [-0.2, -0.15) is 0 Å². The van der Waals surface area contributed by atoms with Crippen LogP contribution in [0, 0.1) is 0 Å². The van der Waals surface area contributed by atoms with E-state index in [1.54, 1.807) is 24.3 Å². The Morgan fingerprint density at radius 1 is 0.718 bits per heavy atom. The number of benzene rings is 4. The molecule has 1 amide bonds. The Kier molecular flexibility index (Phi) is 5.35. The van der Waals surface area contributed by atoms with Crippen molar-refractivity contribution >= 4 is 35.5 Å². The van der Waals surface area contributed by atoms with Crippen LogP contribution in [0.5, 0.6) is 0 Å². The quantitative estimate of drug-likeness (QED) is 0.220. The van der Waals surface area contributed by atoms with Crippen LogP contribution in [0.15, 0.2) is 72.8 Å². The molecule has 0 saturated carbocycles. The van der Waals surface area contributed by atoms with Crippen LogP contribution >= 0.6 is 0 Å². The van der Waals surface area contributed by atoms with Crippen LogP contribution in [0.2, 0.25) is 0 Å². The van der Waals surface area contributed by atoms with Crippen molar-refractivity contribution in [3.63, 3.8) is 0 Å². The summed E-state index contributed by atoms with van der Waals surface area (Å²) in [4.78, 5) is 60.8. The molecule has 3 N–H and O–H groups in total. The van der Waals surface area contributed by atoms with Crippen molar-refractivity contribution in [3.8, 4) is 22.3 Å². The third-order valence-electron chi connectivity index (χ3n) is 6.90. The fraction of sp³-hybridized carbons (Fsp3) is 0.0333. The number of hydrogen-bond donors (Lipinski definition) is 3. The van der Waals surface area contributed by atoms with E-state index in [2.05, 4.69) is 5.32 Å². The molecule has 2 aliphatic rings. The largest absolute Gasteiger partial charge is 0.478 e. The van der Waals surface area contributed by atoms with Gasteiger partial charge in [-0.05, 0) is 76.2 Å². The minimum absolute atomic E-state index is 0.0298. The first kappa shape index (κ1) is 23.8. The molecule has 1 aliphatic carbocycles. The maximum absolute atomic E-state index is 12.8. The molecule has 4 aromatic carbocycles. The summed E-state index contributed by atoms with van der Waals surface area (Å²) in [6.45, 7) is 0. The number of esters is 2. The Hall–Kier alpha value is -5.57. The van der Waals surface area contributed by atoms with E-state index in [1.165, 1.54) is 6.07 Å². The molecule has 0 atom stereocenters. The zero-order chi connectivity index (χ0) is 27.4. The van der Waals surface area contributed by atoms with E-state index in [-0.39, 0.29) is 16.7 Å². The highest BCUT2D eigenvalue weighted by Crippen LogP contribution is 2.45. The molecular formula is C30H17NO8. The van der Waals surface area contributed by atoms with Gasteiger partial charge in [-0.1, -0.05) is 36.4 Å². The third kappa shape index (κ3) is 3.84. The van der Waals surface area contributed by atoms with Crippen molar-refractivity contribution in [3.05, 3.63) is 112 Å². The second-order valence-corrected chi connectivity index (χ2v) is 9.11. The van der Waals surface area contributed by atoms with E-state index >= 15 is 0 Å². The van der Waals surface area contributed by atoms with Crippen LogP contribution in [0.4, 0.5) is 5.69 Å². The van der Waals surface area contributed by atoms with Gasteiger partial charge in [0, 0.05) is 11.3 Å². The van der Waals surface area contributed by atoms with Gasteiger partial charge >= 0.3 is 23.9 Å². The fourth-order valence-corrected chi connectivity index (χ4v) is 5.11. The Bertz CT molecular complexity index is 1790. The van der Waals surface area contributed by atoms with Crippen LogP contribution in [-0.4, -0.2) is 40.0 Å². The molecule has 0 spiro atoms. The molecule has 6 rings (SSSR count). The van der Waals surface area contributed by atoms with Gasteiger partial charge in [0.1, 0.15) is 0 Å². The zero-order valence-corrected chi connectivity index (χ0v) is 20.0. The lowest BCUT2D eigenvalue weighted by Crippen LogP contribution is -2.15. The van der Waals surface area contributed by atoms with Crippen molar-refractivity contribution in [1.29, 1.82) is 0 Å². The summed E-state index contributed by atoms with van der Waals surface area (Å²) in [6.07, 6.45) is 0.526. The number of carboxylic acid groups (broad SMARTS) is 2. The third-order valence-corrected chi connectivity index (χ3v) is 6.90. The number of anilines is 1. The Balaban J connectivity index is 1.34. The zero-order valence-electron chi connectivity index (χ0n) is 20.0. The molecule has 4 aromatic rings. The molecule has 0 fully saturated rings. The number of cyclic esters (lactones) is 2. The van der Waals surface area contributed by atoms with Gasteiger partial charge in [0.15, 0.2) is 0 Å². The number of carboxylic acids is 2. The van der Waals surface area contributed by atoms with Crippen molar-refractivity contribution in [2.45, 2.75) is 6.42 Å². The SMILES string of the molecule is O=C(Nc1ccc(-c2cc3c(c4c2C(=O)OC4=O)Cc2ccccc2-3)cc1)c1ccc(C(=O)O)c(C(=O)O)c1. The second kappa shape index (κ2) is 8.77. The summed E-state index contributed by atoms with van der Waals surface area (Å²) in [5.41, 5.74) is 4.75. The first-order valence-electron chi connectivity index (χ1n) is 11.8. The number of carbonyl (C=O) groups is 5. The summed E-state index contributed by atoms with van der Waals surface area (Å²) in [6, 6.07) is 19.5. The number of rotatable bonds is 5. The predicted octanol–water partition coefficient (Wildman–Crippen LogP) is 4.88. The molecule has 0 saturated heterocycles. The molecular weight excluding hydrogens is 502 g/mol. The lowest BCUT2D eigenvalue weighted by atomic mass is 9.89. The number of carbonyl (C=O) groups excluding carboxylic acids is 3. The van der Waals surface area contributed by atoms with Crippen molar-refractivity contribution < 1.29 is 38.9 Å². The smallest absolute Gasteiger partial charge is 0.347 e.